The molecule has 2 aromatic rings. The lowest BCUT2D eigenvalue weighted by Gasteiger charge is -2.13. The van der Waals surface area contributed by atoms with Crippen LogP contribution in [-0.2, 0) is 9.47 Å². The van der Waals surface area contributed by atoms with Crippen molar-refractivity contribution in [2.24, 2.45) is 0 Å². The number of H-pyrrole nitrogens is 1. The van der Waals surface area contributed by atoms with Gasteiger partial charge in [-0.25, -0.2) is 0 Å². The van der Waals surface area contributed by atoms with Crippen molar-refractivity contribution in [3.05, 3.63) is 27.9 Å². The molecular formula is C12H14N4O5. The number of nitrogens with two attached hydrogens (primary N) is 1. The highest BCUT2D eigenvalue weighted by atomic mass is 16.7. The first-order chi connectivity index (χ1) is 9.93. The molecule has 0 saturated heterocycles. The molecule has 3 heterocycles. The number of ether oxygens (including phenoxy) is 2. The average molecular weight is 294 g/mol. The van der Waals surface area contributed by atoms with Crippen molar-refractivity contribution >= 4 is 22.9 Å². The Morgan fingerprint density at radius 3 is 2.90 bits per heavy atom. The van der Waals surface area contributed by atoms with Crippen LogP contribution in [0.3, 0.4) is 0 Å². The summed E-state index contributed by atoms with van der Waals surface area (Å²) in [4.78, 5) is 18.4. The Morgan fingerprint density at radius 1 is 1.57 bits per heavy atom. The van der Waals surface area contributed by atoms with Crippen molar-refractivity contribution in [1.82, 2.24) is 14.5 Å². The van der Waals surface area contributed by atoms with Gasteiger partial charge in [0, 0.05) is 13.3 Å². The van der Waals surface area contributed by atoms with E-state index in [4.69, 9.17) is 15.2 Å². The van der Waals surface area contributed by atoms with Crippen molar-refractivity contribution in [1.29, 1.82) is 0 Å². The number of fused-ring (bicyclic) bond motifs is 1. The molecule has 5 N–H and O–H groups in total. The van der Waals surface area contributed by atoms with Crippen LogP contribution in [0.15, 0.2) is 16.8 Å². The number of aryl methyl sites for hydroxylation is 1. The number of hydrogen-bond donors (Lipinski definition) is 4. The van der Waals surface area contributed by atoms with E-state index in [0.717, 1.165) is 0 Å². The Kier molecular flexibility index (Phi) is 2.88. The normalized spacial score (nSPS) is 22.0. The average Bonchev–Trinajstić information content (AvgIpc) is 2.89. The molecule has 2 atom stereocenters. The molecule has 1 unspecified atom stereocenters. The van der Waals surface area contributed by atoms with E-state index in [9.17, 15) is 15.0 Å². The third-order valence-corrected chi connectivity index (χ3v) is 3.30. The number of nitrogen functional groups attached to an aromatic ring is 1. The summed E-state index contributed by atoms with van der Waals surface area (Å²) in [6, 6.07) is 0. The summed E-state index contributed by atoms with van der Waals surface area (Å²) in [6.45, 7) is 1.71. The molecule has 0 fully saturated rings. The standard InChI is InChI=1S/C12H14N4O5/c1-4-3-16(8-5(4)9(19)15-12(13)14-8)10-6(17)7(18)11(20-2)21-10/h3,7,11,17-18H,1-2H3,(H3,13,14,15,19)/t7?,11-/m0/s1. The number of aromatic amines is 1. The molecule has 0 amide bonds. The highest BCUT2D eigenvalue weighted by molar-refractivity contribution is 5.83. The van der Waals surface area contributed by atoms with E-state index in [1.165, 1.54) is 11.7 Å². The van der Waals surface area contributed by atoms with Gasteiger partial charge in [0.05, 0.1) is 5.39 Å². The van der Waals surface area contributed by atoms with Crippen molar-refractivity contribution in [2.75, 3.05) is 12.8 Å². The Hall–Kier alpha value is -2.52. The topological polar surface area (TPSA) is 136 Å². The highest BCUT2D eigenvalue weighted by Gasteiger charge is 2.37. The smallest absolute Gasteiger partial charge is 0.262 e. The third kappa shape index (κ3) is 1.86. The second-order valence-electron chi connectivity index (χ2n) is 4.69. The number of aliphatic hydroxyl groups is 2. The molecule has 0 aromatic carbocycles. The predicted octanol–water partition coefficient (Wildman–Crippen LogP) is -0.337. The highest BCUT2D eigenvalue weighted by Crippen LogP contribution is 2.31. The summed E-state index contributed by atoms with van der Waals surface area (Å²) in [5.74, 6) is -0.516. The van der Waals surface area contributed by atoms with E-state index < -0.39 is 23.7 Å². The van der Waals surface area contributed by atoms with Crippen LogP contribution in [0.2, 0.25) is 0 Å². The number of aliphatic hydroxyl groups excluding tert-OH is 2. The SMILES string of the molecule is CO[C@H]1OC(n2cc(C)c3c(=O)[nH]c(N)nc32)=C(O)C1O. The Bertz CT molecular complexity index is 806. The van der Waals surface area contributed by atoms with E-state index >= 15 is 0 Å². The monoisotopic (exact) mass is 294 g/mol. The molecule has 0 spiro atoms. The van der Waals surface area contributed by atoms with Gasteiger partial charge in [-0.15, -0.1) is 0 Å². The maximum Gasteiger partial charge on any atom is 0.262 e. The van der Waals surface area contributed by atoms with Gasteiger partial charge in [0.2, 0.25) is 18.1 Å². The minimum Gasteiger partial charge on any atom is -0.505 e. The fraction of sp³-hybridized carbons (Fsp3) is 0.333. The number of anilines is 1. The lowest BCUT2D eigenvalue weighted by molar-refractivity contribution is -0.119. The molecule has 0 bridgehead atoms. The molecule has 9 heteroatoms. The van der Waals surface area contributed by atoms with Crippen LogP contribution >= 0.6 is 0 Å². The summed E-state index contributed by atoms with van der Waals surface area (Å²) >= 11 is 0. The predicted molar refractivity (Wildman–Crippen MR) is 73.2 cm³/mol. The van der Waals surface area contributed by atoms with Crippen LogP contribution in [0.5, 0.6) is 0 Å². The van der Waals surface area contributed by atoms with Gasteiger partial charge in [-0.2, -0.15) is 4.98 Å². The number of hydrogen-bond acceptors (Lipinski definition) is 7. The first kappa shape index (κ1) is 13.5. The van der Waals surface area contributed by atoms with Crippen molar-refractivity contribution in [3.63, 3.8) is 0 Å². The van der Waals surface area contributed by atoms with E-state index in [-0.39, 0.29) is 17.5 Å². The molecule has 3 rings (SSSR count). The molecule has 0 saturated carbocycles. The molecule has 1 aliphatic rings. The van der Waals surface area contributed by atoms with E-state index in [1.807, 2.05) is 0 Å². The second kappa shape index (κ2) is 4.50. The third-order valence-electron chi connectivity index (χ3n) is 3.30. The van der Waals surface area contributed by atoms with Crippen LogP contribution in [0.1, 0.15) is 5.56 Å². The second-order valence-corrected chi connectivity index (χ2v) is 4.69. The minimum absolute atomic E-state index is 0.0510. The lowest BCUT2D eigenvalue weighted by Crippen LogP contribution is -2.25. The Balaban J connectivity index is 2.25. The maximum atomic E-state index is 11.9. The molecule has 0 radical (unpaired) electrons. The first-order valence-electron chi connectivity index (χ1n) is 6.12. The quantitative estimate of drug-likeness (QED) is 0.595. The fourth-order valence-corrected chi connectivity index (χ4v) is 2.33. The van der Waals surface area contributed by atoms with Crippen molar-refractivity contribution < 1.29 is 19.7 Å². The van der Waals surface area contributed by atoms with Crippen molar-refractivity contribution in [2.45, 2.75) is 19.3 Å². The van der Waals surface area contributed by atoms with Gasteiger partial charge in [0.15, 0.2) is 17.5 Å². The van der Waals surface area contributed by atoms with Gasteiger partial charge in [0.1, 0.15) is 0 Å². The van der Waals surface area contributed by atoms with Gasteiger partial charge >= 0.3 is 0 Å². The maximum absolute atomic E-state index is 11.9. The number of nitrogens with zero attached hydrogens (tertiary/aromatic N) is 2. The zero-order valence-electron chi connectivity index (χ0n) is 11.3. The van der Waals surface area contributed by atoms with Gasteiger partial charge in [0.25, 0.3) is 5.56 Å². The minimum atomic E-state index is -1.32. The molecule has 1 aliphatic heterocycles. The summed E-state index contributed by atoms with van der Waals surface area (Å²) in [6.07, 6.45) is -0.790. The number of rotatable bonds is 2. The van der Waals surface area contributed by atoms with Crippen LogP contribution in [-0.4, -0.2) is 44.3 Å². The van der Waals surface area contributed by atoms with Crippen LogP contribution in [0.25, 0.3) is 16.9 Å². The fourth-order valence-electron chi connectivity index (χ4n) is 2.33. The summed E-state index contributed by atoms with van der Waals surface area (Å²) < 4.78 is 11.6. The largest absolute Gasteiger partial charge is 0.505 e. The van der Waals surface area contributed by atoms with E-state index in [1.54, 1.807) is 13.1 Å². The summed E-state index contributed by atoms with van der Waals surface area (Å²) in [7, 11) is 1.34. The van der Waals surface area contributed by atoms with Crippen LogP contribution < -0.4 is 11.3 Å². The van der Waals surface area contributed by atoms with Gasteiger partial charge in [-0.05, 0) is 12.5 Å². The first-order valence-corrected chi connectivity index (χ1v) is 6.12. The van der Waals surface area contributed by atoms with Gasteiger partial charge in [-0.3, -0.25) is 14.3 Å². The Labute approximate surface area is 118 Å². The zero-order chi connectivity index (χ0) is 15.3. The summed E-state index contributed by atoms with van der Waals surface area (Å²) in [5.41, 5.74) is 6.00. The number of aromatic nitrogens is 3. The van der Waals surface area contributed by atoms with Gasteiger partial charge < -0.3 is 25.4 Å². The number of methoxy groups -OCH3 is 1. The van der Waals surface area contributed by atoms with Gasteiger partial charge in [-0.1, -0.05) is 0 Å². The van der Waals surface area contributed by atoms with E-state index in [0.29, 0.717) is 10.9 Å². The lowest BCUT2D eigenvalue weighted by atomic mass is 10.3. The van der Waals surface area contributed by atoms with Crippen molar-refractivity contribution in [3.8, 4) is 0 Å². The van der Waals surface area contributed by atoms with Crippen LogP contribution in [0.4, 0.5) is 5.95 Å². The molecule has 9 nitrogen and oxygen atoms in total. The molecular weight excluding hydrogens is 280 g/mol. The van der Waals surface area contributed by atoms with Crippen LogP contribution in [0, 0.1) is 6.92 Å². The van der Waals surface area contributed by atoms with E-state index in [2.05, 4.69) is 9.97 Å². The summed E-state index contributed by atoms with van der Waals surface area (Å²) in [5, 5.41) is 20.1. The molecule has 2 aromatic heterocycles. The molecule has 112 valence electrons. The zero-order valence-corrected chi connectivity index (χ0v) is 11.3. The number of nitrogens with one attached hydrogen (secondary N) is 1. The molecule has 21 heavy (non-hydrogen) atoms. The molecule has 0 aliphatic carbocycles. The Morgan fingerprint density at radius 2 is 2.29 bits per heavy atom.